The van der Waals surface area contributed by atoms with Crippen LogP contribution in [0, 0.1) is 10.1 Å². The average Bonchev–Trinajstić information content (AvgIpc) is 2.98. The molecule has 0 unspecified atom stereocenters. The van der Waals surface area contributed by atoms with Gasteiger partial charge in [-0.3, -0.25) is 14.9 Å². The van der Waals surface area contributed by atoms with Gasteiger partial charge in [0.15, 0.2) is 0 Å². The second kappa shape index (κ2) is 7.69. The van der Waals surface area contributed by atoms with Gasteiger partial charge in [0, 0.05) is 17.7 Å². The maximum Gasteiger partial charge on any atom is 0.284 e. The molecule has 0 aromatic heterocycles. The standard InChI is InChI=1S/C19H17N3O5/c1-3-27-18-16(12-13-6-4-5-7-17(13)26-2)19(23)21(20-18)14-8-10-15(11-9-14)22(24)25/h4-12H,3H2,1-2H3. The third-order valence-corrected chi connectivity index (χ3v) is 3.87. The van der Waals surface area contributed by atoms with Gasteiger partial charge in [0.05, 0.1) is 24.3 Å². The number of nitro groups is 1. The molecule has 0 saturated carbocycles. The van der Waals surface area contributed by atoms with Gasteiger partial charge in [0.2, 0.25) is 5.90 Å². The highest BCUT2D eigenvalue weighted by atomic mass is 16.6. The topological polar surface area (TPSA) is 94.3 Å². The van der Waals surface area contributed by atoms with Crippen LogP contribution in [0.15, 0.2) is 59.2 Å². The zero-order valence-corrected chi connectivity index (χ0v) is 14.8. The molecule has 0 fully saturated rings. The Morgan fingerprint density at radius 2 is 1.89 bits per heavy atom. The Balaban J connectivity index is 1.99. The quantitative estimate of drug-likeness (QED) is 0.459. The van der Waals surface area contributed by atoms with Crippen LogP contribution in [0.4, 0.5) is 11.4 Å². The van der Waals surface area contributed by atoms with Crippen molar-refractivity contribution in [3.05, 3.63) is 69.8 Å². The maximum absolute atomic E-state index is 12.9. The summed E-state index contributed by atoms with van der Waals surface area (Å²) in [5, 5.41) is 16.2. The maximum atomic E-state index is 12.9. The number of methoxy groups -OCH3 is 1. The Morgan fingerprint density at radius 1 is 1.19 bits per heavy atom. The van der Waals surface area contributed by atoms with Crippen molar-refractivity contribution in [1.82, 2.24) is 0 Å². The number of hydrazone groups is 1. The monoisotopic (exact) mass is 367 g/mol. The van der Waals surface area contributed by atoms with E-state index in [2.05, 4.69) is 5.10 Å². The van der Waals surface area contributed by atoms with Crippen molar-refractivity contribution >= 4 is 29.3 Å². The molecule has 0 atom stereocenters. The summed E-state index contributed by atoms with van der Waals surface area (Å²) in [5.41, 5.74) is 1.33. The number of carbonyl (C=O) groups is 1. The summed E-state index contributed by atoms with van der Waals surface area (Å²) >= 11 is 0. The second-order valence-corrected chi connectivity index (χ2v) is 5.53. The fourth-order valence-corrected chi connectivity index (χ4v) is 2.59. The van der Waals surface area contributed by atoms with Crippen LogP contribution in [-0.2, 0) is 9.53 Å². The average molecular weight is 367 g/mol. The van der Waals surface area contributed by atoms with Crippen molar-refractivity contribution in [1.29, 1.82) is 0 Å². The van der Waals surface area contributed by atoms with Gasteiger partial charge < -0.3 is 9.47 Å². The number of hydrogen-bond acceptors (Lipinski definition) is 6. The number of rotatable bonds is 5. The van der Waals surface area contributed by atoms with Crippen LogP contribution in [0.25, 0.3) is 6.08 Å². The first-order valence-electron chi connectivity index (χ1n) is 8.20. The lowest BCUT2D eigenvalue weighted by Gasteiger charge is -2.10. The smallest absolute Gasteiger partial charge is 0.284 e. The van der Waals surface area contributed by atoms with E-state index in [1.165, 1.54) is 24.3 Å². The van der Waals surface area contributed by atoms with E-state index in [1.54, 1.807) is 26.2 Å². The lowest BCUT2D eigenvalue weighted by atomic mass is 10.1. The number of anilines is 1. The number of hydrogen-bond donors (Lipinski definition) is 0. The van der Waals surface area contributed by atoms with Crippen LogP contribution in [-0.4, -0.2) is 30.4 Å². The molecule has 8 heteroatoms. The van der Waals surface area contributed by atoms with Crippen LogP contribution in [0.5, 0.6) is 5.75 Å². The molecule has 0 bridgehead atoms. The highest BCUT2D eigenvalue weighted by Crippen LogP contribution is 2.29. The van der Waals surface area contributed by atoms with E-state index in [4.69, 9.17) is 9.47 Å². The molecule has 0 N–H and O–H groups in total. The van der Waals surface area contributed by atoms with Gasteiger partial charge in [-0.15, -0.1) is 5.10 Å². The van der Waals surface area contributed by atoms with Gasteiger partial charge in [0.1, 0.15) is 11.3 Å². The molecule has 1 aliphatic rings. The van der Waals surface area contributed by atoms with E-state index in [0.29, 0.717) is 23.6 Å². The van der Waals surface area contributed by atoms with E-state index in [0.717, 1.165) is 5.01 Å². The second-order valence-electron chi connectivity index (χ2n) is 5.53. The van der Waals surface area contributed by atoms with Crippen molar-refractivity contribution in [2.24, 2.45) is 5.10 Å². The Kier molecular flexibility index (Phi) is 5.16. The van der Waals surface area contributed by atoms with E-state index in [-0.39, 0.29) is 17.2 Å². The minimum atomic E-state index is -0.502. The number of para-hydroxylation sites is 1. The minimum Gasteiger partial charge on any atom is -0.496 e. The van der Waals surface area contributed by atoms with E-state index in [9.17, 15) is 14.9 Å². The highest BCUT2D eigenvalue weighted by molar-refractivity contribution is 6.30. The Labute approximate surface area is 155 Å². The predicted molar refractivity (Wildman–Crippen MR) is 101 cm³/mol. The first-order chi connectivity index (χ1) is 13.0. The third-order valence-electron chi connectivity index (χ3n) is 3.87. The van der Waals surface area contributed by atoms with Crippen molar-refractivity contribution in [3.63, 3.8) is 0 Å². The normalized spacial score (nSPS) is 15.0. The summed E-state index contributed by atoms with van der Waals surface area (Å²) in [6, 6.07) is 12.8. The zero-order valence-electron chi connectivity index (χ0n) is 14.8. The van der Waals surface area contributed by atoms with Gasteiger partial charge in [-0.25, -0.2) is 0 Å². The van der Waals surface area contributed by atoms with Gasteiger partial charge in [-0.05, 0) is 31.2 Å². The SMILES string of the molecule is CCOC1=NN(c2ccc([N+](=O)[O-])cc2)C(=O)C1=Cc1ccccc1OC. The summed E-state index contributed by atoms with van der Waals surface area (Å²) in [6.07, 6.45) is 1.65. The number of nitrogens with zero attached hydrogens (tertiary/aromatic N) is 3. The summed E-state index contributed by atoms with van der Waals surface area (Å²) in [7, 11) is 1.55. The van der Waals surface area contributed by atoms with Crippen molar-refractivity contribution < 1.29 is 19.2 Å². The fourth-order valence-electron chi connectivity index (χ4n) is 2.59. The molecule has 27 heavy (non-hydrogen) atoms. The van der Waals surface area contributed by atoms with Crippen LogP contribution in [0.3, 0.4) is 0 Å². The van der Waals surface area contributed by atoms with Crippen LogP contribution >= 0.6 is 0 Å². The fraction of sp³-hybridized carbons (Fsp3) is 0.158. The molecule has 2 aromatic carbocycles. The number of non-ortho nitro benzene ring substituents is 1. The molecular formula is C19H17N3O5. The lowest BCUT2D eigenvalue weighted by Crippen LogP contribution is -2.21. The van der Waals surface area contributed by atoms with Crippen LogP contribution < -0.4 is 9.75 Å². The molecule has 8 nitrogen and oxygen atoms in total. The van der Waals surface area contributed by atoms with Gasteiger partial charge in [-0.1, -0.05) is 18.2 Å². The van der Waals surface area contributed by atoms with Crippen molar-refractivity contribution in [3.8, 4) is 5.75 Å². The molecule has 0 spiro atoms. The molecule has 138 valence electrons. The minimum absolute atomic E-state index is 0.0656. The Bertz CT molecular complexity index is 935. The first-order valence-corrected chi connectivity index (χ1v) is 8.20. The predicted octanol–water partition coefficient (Wildman–Crippen LogP) is 3.38. The summed E-state index contributed by atoms with van der Waals surface area (Å²) < 4.78 is 10.8. The van der Waals surface area contributed by atoms with E-state index < -0.39 is 10.8 Å². The number of carbonyl (C=O) groups excluding carboxylic acids is 1. The van der Waals surface area contributed by atoms with Crippen LogP contribution in [0.2, 0.25) is 0 Å². The third kappa shape index (κ3) is 3.64. The summed E-state index contributed by atoms with van der Waals surface area (Å²) in [4.78, 5) is 23.2. The molecular weight excluding hydrogens is 350 g/mol. The van der Waals surface area contributed by atoms with Gasteiger partial charge in [0.25, 0.3) is 11.6 Å². The van der Waals surface area contributed by atoms with E-state index in [1.807, 2.05) is 18.2 Å². The van der Waals surface area contributed by atoms with Gasteiger partial charge in [-0.2, -0.15) is 5.01 Å². The first kappa shape index (κ1) is 18.1. The van der Waals surface area contributed by atoms with E-state index >= 15 is 0 Å². The summed E-state index contributed by atoms with van der Waals surface area (Å²) in [6.45, 7) is 2.13. The molecule has 1 aliphatic heterocycles. The van der Waals surface area contributed by atoms with Crippen molar-refractivity contribution in [2.75, 3.05) is 18.7 Å². The molecule has 2 aromatic rings. The highest BCUT2D eigenvalue weighted by Gasteiger charge is 2.33. The van der Waals surface area contributed by atoms with Crippen LogP contribution in [0.1, 0.15) is 12.5 Å². The molecule has 0 aliphatic carbocycles. The number of ether oxygens (including phenoxy) is 2. The number of amides is 1. The molecule has 1 heterocycles. The van der Waals surface area contributed by atoms with Gasteiger partial charge >= 0.3 is 0 Å². The molecule has 0 saturated heterocycles. The number of benzene rings is 2. The largest absolute Gasteiger partial charge is 0.496 e. The van der Waals surface area contributed by atoms with Crippen molar-refractivity contribution in [2.45, 2.75) is 6.92 Å². The zero-order chi connectivity index (χ0) is 19.4. The summed E-state index contributed by atoms with van der Waals surface area (Å²) in [5.74, 6) is 0.410. The molecule has 0 radical (unpaired) electrons. The molecule has 3 rings (SSSR count). The molecule has 1 amide bonds. The lowest BCUT2D eigenvalue weighted by molar-refractivity contribution is -0.384. The Morgan fingerprint density at radius 3 is 2.52 bits per heavy atom. The Hall–Kier alpha value is -3.68. The number of nitro benzene ring substituents is 1.